The Morgan fingerprint density at radius 1 is 0.559 bits per heavy atom. The van der Waals surface area contributed by atoms with Crippen LogP contribution in [0.15, 0.2) is 0 Å². The monoisotopic (exact) mass is 530 g/mol. The highest BCUT2D eigenvalue weighted by molar-refractivity contribution is 7.48. The first-order chi connectivity index (χ1) is 15.8. The molecule has 8 nitrogen and oxygen atoms in total. The average molecular weight is 531 g/mol. The van der Waals surface area contributed by atoms with Gasteiger partial charge in [-0.25, -0.2) is 9.13 Å². The summed E-state index contributed by atoms with van der Waals surface area (Å²) in [7, 11) is -7.53. The van der Waals surface area contributed by atoms with Gasteiger partial charge in [-0.15, -0.1) is 0 Å². The van der Waals surface area contributed by atoms with Crippen molar-refractivity contribution >= 4 is 15.6 Å². The van der Waals surface area contributed by atoms with Gasteiger partial charge in [0, 0.05) is 5.92 Å². The lowest BCUT2D eigenvalue weighted by atomic mass is 9.97. The summed E-state index contributed by atoms with van der Waals surface area (Å²) in [6.07, 6.45) is 1.64. The van der Waals surface area contributed by atoms with Crippen LogP contribution in [0.1, 0.15) is 88.5 Å². The Labute approximate surface area is 209 Å². The van der Waals surface area contributed by atoms with Gasteiger partial charge in [-0.3, -0.25) is 27.1 Å². The largest absolute Gasteiger partial charge is 0.475 e. The molecule has 0 saturated heterocycles. The first-order valence-corrected chi connectivity index (χ1v) is 15.8. The third kappa shape index (κ3) is 16.1. The predicted molar refractivity (Wildman–Crippen MR) is 138 cm³/mol. The molecule has 2 unspecified atom stereocenters. The van der Waals surface area contributed by atoms with Crippen LogP contribution < -0.4 is 0 Å². The summed E-state index contributed by atoms with van der Waals surface area (Å²) in [6, 6.07) is 0. The highest BCUT2D eigenvalue weighted by atomic mass is 31.2. The molecule has 0 aromatic rings. The quantitative estimate of drug-likeness (QED) is 0.137. The minimum Gasteiger partial charge on any atom is -0.287 e. The molecule has 0 bridgehead atoms. The molecule has 0 aliphatic carbocycles. The summed E-state index contributed by atoms with van der Waals surface area (Å²) in [5.41, 5.74) is 0. The van der Waals surface area contributed by atoms with Gasteiger partial charge in [-0.2, -0.15) is 0 Å². The Bertz CT molecular complexity index is 578. The van der Waals surface area contributed by atoms with Crippen molar-refractivity contribution in [1.29, 1.82) is 0 Å². The first kappa shape index (κ1) is 34.2. The standard InChI is InChI=1S/C24H52O8P2/c1-11-13-24(32-34(26,29-16-21(7)8)30-17-22(9)10)23(12-2)18-31-33(25,27-14-19(3)4)28-15-20(5)6/h19-24H,11-18H2,1-10H3. The molecule has 0 aromatic carbocycles. The zero-order chi connectivity index (χ0) is 26.4. The van der Waals surface area contributed by atoms with Crippen molar-refractivity contribution in [3.63, 3.8) is 0 Å². The van der Waals surface area contributed by atoms with E-state index in [2.05, 4.69) is 0 Å². The zero-order valence-electron chi connectivity index (χ0n) is 23.3. The van der Waals surface area contributed by atoms with Gasteiger partial charge >= 0.3 is 15.6 Å². The van der Waals surface area contributed by atoms with Crippen molar-refractivity contribution in [3.8, 4) is 0 Å². The molecule has 0 rings (SSSR count). The number of hydrogen-bond donors (Lipinski definition) is 0. The van der Waals surface area contributed by atoms with Crippen molar-refractivity contribution in [2.45, 2.75) is 94.6 Å². The fourth-order valence-corrected chi connectivity index (χ4v) is 6.00. The fraction of sp³-hybridized carbons (Fsp3) is 1.00. The second-order valence-corrected chi connectivity index (χ2v) is 13.8. The second-order valence-electron chi connectivity index (χ2n) is 10.5. The van der Waals surface area contributed by atoms with Gasteiger partial charge in [0.25, 0.3) is 0 Å². The third-order valence-electron chi connectivity index (χ3n) is 4.60. The van der Waals surface area contributed by atoms with Crippen LogP contribution in [0.3, 0.4) is 0 Å². The van der Waals surface area contributed by atoms with E-state index in [9.17, 15) is 9.13 Å². The molecule has 0 N–H and O–H groups in total. The molecule has 0 aliphatic rings. The fourth-order valence-electron chi connectivity index (χ4n) is 2.67. The van der Waals surface area contributed by atoms with Crippen LogP contribution in [0, 0.1) is 29.6 Å². The van der Waals surface area contributed by atoms with E-state index in [0.29, 0.717) is 12.8 Å². The van der Waals surface area contributed by atoms with E-state index in [1.54, 1.807) is 0 Å². The van der Waals surface area contributed by atoms with Crippen molar-refractivity contribution in [2.75, 3.05) is 33.0 Å². The highest BCUT2D eigenvalue weighted by Crippen LogP contribution is 2.54. The summed E-state index contributed by atoms with van der Waals surface area (Å²) in [6.45, 7) is 21.0. The molecular formula is C24H52O8P2. The molecule has 2 atom stereocenters. The van der Waals surface area contributed by atoms with Gasteiger partial charge < -0.3 is 0 Å². The Kier molecular flexibility index (Phi) is 17.8. The molecule has 206 valence electrons. The molecule has 0 amide bonds. The summed E-state index contributed by atoms with van der Waals surface area (Å²) in [5, 5.41) is 0. The molecule has 0 saturated carbocycles. The maximum atomic E-state index is 13.5. The van der Waals surface area contributed by atoms with Gasteiger partial charge in [0.05, 0.1) is 39.1 Å². The predicted octanol–water partition coefficient (Wildman–Crippen LogP) is 8.12. The molecule has 34 heavy (non-hydrogen) atoms. The van der Waals surface area contributed by atoms with Crippen LogP contribution in [0.2, 0.25) is 0 Å². The van der Waals surface area contributed by atoms with Gasteiger partial charge in [0.1, 0.15) is 0 Å². The maximum Gasteiger partial charge on any atom is 0.475 e. The van der Waals surface area contributed by atoms with Crippen molar-refractivity contribution < 1.29 is 36.3 Å². The van der Waals surface area contributed by atoms with E-state index < -0.39 is 21.7 Å². The highest BCUT2D eigenvalue weighted by Gasteiger charge is 2.36. The summed E-state index contributed by atoms with van der Waals surface area (Å²) >= 11 is 0. The summed E-state index contributed by atoms with van der Waals surface area (Å²) in [5.74, 6) is 0.519. The molecule has 0 radical (unpaired) electrons. The Morgan fingerprint density at radius 2 is 0.912 bits per heavy atom. The van der Waals surface area contributed by atoms with Crippen LogP contribution in [0.5, 0.6) is 0 Å². The van der Waals surface area contributed by atoms with E-state index in [-0.39, 0.29) is 62.6 Å². The van der Waals surface area contributed by atoms with Gasteiger partial charge in [0.15, 0.2) is 0 Å². The molecular weight excluding hydrogens is 478 g/mol. The number of phosphoric acid groups is 2. The third-order valence-corrected chi connectivity index (χ3v) is 7.45. The molecule has 0 spiro atoms. The summed E-state index contributed by atoms with van der Waals surface area (Å²) < 4.78 is 61.0. The van der Waals surface area contributed by atoms with E-state index in [4.69, 9.17) is 27.1 Å². The van der Waals surface area contributed by atoms with E-state index in [0.717, 1.165) is 6.42 Å². The molecule has 10 heteroatoms. The molecule has 0 heterocycles. The summed E-state index contributed by atoms with van der Waals surface area (Å²) in [4.78, 5) is 0. The second kappa shape index (κ2) is 17.6. The van der Waals surface area contributed by atoms with Gasteiger partial charge in [-0.05, 0) is 36.5 Å². The Hall–Kier alpha value is 0.220. The normalized spacial score (nSPS) is 15.1. The number of rotatable bonds is 21. The lowest BCUT2D eigenvalue weighted by Gasteiger charge is -2.30. The number of phosphoric ester groups is 2. The van der Waals surface area contributed by atoms with Crippen LogP contribution >= 0.6 is 15.6 Å². The van der Waals surface area contributed by atoms with Crippen LogP contribution in [0.4, 0.5) is 0 Å². The smallest absolute Gasteiger partial charge is 0.287 e. The van der Waals surface area contributed by atoms with E-state index >= 15 is 0 Å². The topological polar surface area (TPSA) is 89.5 Å². The molecule has 0 fully saturated rings. The van der Waals surface area contributed by atoms with Crippen molar-refractivity contribution in [2.24, 2.45) is 29.6 Å². The van der Waals surface area contributed by atoms with Crippen LogP contribution in [-0.2, 0) is 36.3 Å². The van der Waals surface area contributed by atoms with Crippen molar-refractivity contribution in [3.05, 3.63) is 0 Å². The zero-order valence-corrected chi connectivity index (χ0v) is 25.1. The number of hydrogen-bond acceptors (Lipinski definition) is 8. The Morgan fingerprint density at radius 3 is 1.24 bits per heavy atom. The maximum absolute atomic E-state index is 13.5. The SMILES string of the molecule is CCCC(OP(=O)(OCC(C)C)OCC(C)C)C(CC)COP(=O)(OCC(C)C)OCC(C)C. The lowest BCUT2D eigenvalue weighted by Crippen LogP contribution is -2.28. The lowest BCUT2D eigenvalue weighted by molar-refractivity contribution is 0.0147. The minimum atomic E-state index is -3.78. The van der Waals surface area contributed by atoms with Crippen LogP contribution in [0.25, 0.3) is 0 Å². The van der Waals surface area contributed by atoms with E-state index in [1.165, 1.54) is 0 Å². The van der Waals surface area contributed by atoms with Gasteiger partial charge in [-0.1, -0.05) is 75.7 Å². The van der Waals surface area contributed by atoms with Crippen LogP contribution in [-0.4, -0.2) is 39.1 Å². The Balaban J connectivity index is 5.52. The minimum absolute atomic E-state index is 0.0863. The molecule has 0 aliphatic heterocycles. The average Bonchev–Trinajstić information content (AvgIpc) is 2.74. The van der Waals surface area contributed by atoms with Crippen molar-refractivity contribution in [1.82, 2.24) is 0 Å². The van der Waals surface area contributed by atoms with E-state index in [1.807, 2.05) is 69.2 Å². The first-order valence-electron chi connectivity index (χ1n) is 12.9. The molecule has 0 aromatic heterocycles. The van der Waals surface area contributed by atoms with Gasteiger partial charge in [0.2, 0.25) is 0 Å².